The number of hydrogen-bond donors (Lipinski definition) is 0. The van der Waals surface area contributed by atoms with Crippen LogP contribution in [0, 0.1) is 6.92 Å². The van der Waals surface area contributed by atoms with Gasteiger partial charge in [-0.25, -0.2) is 0 Å². The average Bonchev–Trinajstić information content (AvgIpc) is 3.25. The molecule has 4 aromatic rings. The number of hydrogen-bond acceptors (Lipinski definition) is 0. The Morgan fingerprint density at radius 3 is 2.61 bits per heavy atom. The summed E-state index contributed by atoms with van der Waals surface area (Å²) in [6.45, 7) is 2.29. The summed E-state index contributed by atoms with van der Waals surface area (Å²) in [7, 11) is 2.28. The van der Waals surface area contributed by atoms with Gasteiger partial charge in [-0.15, -0.1) is 0 Å². The van der Waals surface area contributed by atoms with E-state index in [0.717, 1.165) is 5.92 Å². The quantitative estimate of drug-likeness (QED) is 0.274. The first-order chi connectivity index (χ1) is 13.7. The number of rotatable bonds is 1. The zero-order valence-corrected chi connectivity index (χ0v) is 18.2. The Hall–Kier alpha value is -2.15. The molecule has 1 aliphatic heterocycles. The van der Waals surface area contributed by atoms with Crippen molar-refractivity contribution in [3.63, 3.8) is 0 Å². The van der Waals surface area contributed by atoms with Gasteiger partial charge in [-0.05, 0) is 0 Å². The topological polar surface area (TPSA) is 3.88 Å². The number of para-hydroxylation sites is 1. The predicted octanol–water partition coefficient (Wildman–Crippen LogP) is 4.42. The molecule has 2 heterocycles. The second kappa shape index (κ2) is 6.17. The van der Waals surface area contributed by atoms with E-state index in [0.29, 0.717) is 15.0 Å². The zero-order chi connectivity index (χ0) is 18.8. The third kappa shape index (κ3) is 2.22. The molecule has 0 unspecified atom stereocenters. The van der Waals surface area contributed by atoms with Gasteiger partial charge in [0.05, 0.1) is 0 Å². The maximum atomic E-state index is 2.49. The van der Waals surface area contributed by atoms with Gasteiger partial charge < -0.3 is 0 Å². The second-order valence-corrected chi connectivity index (χ2v) is 10.6. The van der Waals surface area contributed by atoms with Crippen LogP contribution < -0.4 is 13.5 Å². The van der Waals surface area contributed by atoms with Gasteiger partial charge in [0.15, 0.2) is 0 Å². The SMILES string of the molecule is Cc1ccc2cccc3c2c1-c1c(c(C2CCCC2)c2ccccc2[n+]1C)[Se]3. The van der Waals surface area contributed by atoms with Crippen molar-refractivity contribution in [1.82, 2.24) is 0 Å². The van der Waals surface area contributed by atoms with Crippen LogP contribution in [-0.2, 0) is 7.05 Å². The minimum absolute atomic E-state index is 0.356. The van der Waals surface area contributed by atoms with Crippen LogP contribution in [0.2, 0.25) is 0 Å². The summed E-state index contributed by atoms with van der Waals surface area (Å²) in [6.07, 6.45) is 5.47. The Morgan fingerprint density at radius 1 is 0.929 bits per heavy atom. The number of pyridine rings is 1. The van der Waals surface area contributed by atoms with Crippen molar-refractivity contribution in [2.45, 2.75) is 38.5 Å². The van der Waals surface area contributed by atoms with Crippen LogP contribution >= 0.6 is 0 Å². The zero-order valence-electron chi connectivity index (χ0n) is 16.5. The first kappa shape index (κ1) is 16.8. The van der Waals surface area contributed by atoms with Gasteiger partial charge in [0.1, 0.15) is 0 Å². The molecule has 0 spiro atoms. The molecule has 3 aromatic carbocycles. The Morgan fingerprint density at radius 2 is 1.75 bits per heavy atom. The van der Waals surface area contributed by atoms with E-state index in [1.54, 1.807) is 14.5 Å². The van der Waals surface area contributed by atoms with Gasteiger partial charge in [-0.1, -0.05) is 0 Å². The average molecular weight is 429 g/mol. The molecule has 0 radical (unpaired) electrons. The van der Waals surface area contributed by atoms with Gasteiger partial charge in [0, 0.05) is 0 Å². The molecule has 138 valence electrons. The van der Waals surface area contributed by atoms with E-state index in [1.807, 2.05) is 0 Å². The summed E-state index contributed by atoms with van der Waals surface area (Å²) in [6, 6.07) is 20.6. The van der Waals surface area contributed by atoms with Crippen molar-refractivity contribution in [1.29, 1.82) is 0 Å². The number of aromatic nitrogens is 1. The van der Waals surface area contributed by atoms with Crippen LogP contribution in [0.3, 0.4) is 0 Å². The minimum atomic E-state index is 0.356. The van der Waals surface area contributed by atoms with E-state index in [4.69, 9.17) is 0 Å². The molecule has 1 nitrogen and oxygen atoms in total. The van der Waals surface area contributed by atoms with Crippen molar-refractivity contribution in [2.75, 3.05) is 0 Å². The van der Waals surface area contributed by atoms with E-state index in [9.17, 15) is 0 Å². The first-order valence-corrected chi connectivity index (χ1v) is 12.1. The molecule has 6 rings (SSSR count). The molecule has 0 amide bonds. The predicted molar refractivity (Wildman–Crippen MR) is 119 cm³/mol. The number of fused-ring (bicyclic) bond motifs is 3. The summed E-state index contributed by atoms with van der Waals surface area (Å²) in [5.74, 6) is 0.728. The van der Waals surface area contributed by atoms with Crippen molar-refractivity contribution in [2.24, 2.45) is 7.05 Å². The molecule has 28 heavy (non-hydrogen) atoms. The summed E-state index contributed by atoms with van der Waals surface area (Å²) < 4.78 is 5.70. The summed E-state index contributed by atoms with van der Waals surface area (Å²) >= 11 is 0.356. The standard InChI is InChI=1S/C26H24NSe/c1-16-14-15-18-10-7-13-21-24(18)22(16)25-26(28-21)23(17-8-3-4-9-17)19-11-5-6-12-20(19)27(25)2/h5-7,10-15,17H,3-4,8-9H2,1-2H3/q+1. The van der Waals surface area contributed by atoms with E-state index < -0.39 is 0 Å². The Balaban J connectivity index is 1.82. The van der Waals surface area contributed by atoms with E-state index in [1.165, 1.54) is 64.2 Å². The molecule has 1 saturated carbocycles. The van der Waals surface area contributed by atoms with Crippen LogP contribution in [-0.4, -0.2) is 15.0 Å². The Kier molecular flexibility index (Phi) is 3.70. The first-order valence-electron chi connectivity index (χ1n) is 10.4. The molecule has 0 bridgehead atoms. The van der Waals surface area contributed by atoms with Crippen LogP contribution in [0.15, 0.2) is 54.6 Å². The van der Waals surface area contributed by atoms with Gasteiger partial charge in [-0.2, -0.15) is 0 Å². The third-order valence-corrected chi connectivity index (χ3v) is 9.25. The van der Waals surface area contributed by atoms with Crippen LogP contribution in [0.25, 0.3) is 32.9 Å². The molecule has 0 N–H and O–H groups in total. The number of nitrogens with zero attached hydrogens (tertiary/aromatic N) is 1. The third-order valence-electron chi connectivity index (χ3n) is 6.78. The van der Waals surface area contributed by atoms with E-state index in [-0.39, 0.29) is 0 Å². The van der Waals surface area contributed by atoms with Crippen LogP contribution in [0.4, 0.5) is 0 Å². The summed E-state index contributed by atoms with van der Waals surface area (Å²) in [5, 5.41) is 4.38. The summed E-state index contributed by atoms with van der Waals surface area (Å²) in [4.78, 5) is 0. The van der Waals surface area contributed by atoms with Gasteiger partial charge >= 0.3 is 173 Å². The maximum absolute atomic E-state index is 2.49. The van der Waals surface area contributed by atoms with E-state index >= 15 is 0 Å². The van der Waals surface area contributed by atoms with Gasteiger partial charge in [0.2, 0.25) is 0 Å². The molecule has 1 aromatic heterocycles. The van der Waals surface area contributed by atoms with Crippen molar-refractivity contribution in [3.8, 4) is 11.3 Å². The molecule has 1 aliphatic carbocycles. The number of aryl methyl sites for hydroxylation is 2. The molecule has 0 saturated heterocycles. The fraction of sp³-hybridized carbons (Fsp3) is 0.269. The molecular weight excluding hydrogens is 405 g/mol. The molecule has 2 aliphatic rings. The Bertz CT molecular complexity index is 1260. The van der Waals surface area contributed by atoms with E-state index in [2.05, 4.69) is 73.1 Å². The second-order valence-electron chi connectivity index (χ2n) is 8.36. The fourth-order valence-corrected chi connectivity index (χ4v) is 8.43. The summed E-state index contributed by atoms with van der Waals surface area (Å²) in [5.41, 5.74) is 7.42. The molecule has 2 heteroatoms. The molecule has 1 fully saturated rings. The van der Waals surface area contributed by atoms with Gasteiger partial charge in [-0.3, -0.25) is 0 Å². The Labute approximate surface area is 172 Å². The van der Waals surface area contributed by atoms with Gasteiger partial charge in [0.25, 0.3) is 0 Å². The van der Waals surface area contributed by atoms with Crippen molar-refractivity contribution < 1.29 is 4.57 Å². The van der Waals surface area contributed by atoms with Crippen LogP contribution in [0.5, 0.6) is 0 Å². The molecular formula is C26H24NSe+. The van der Waals surface area contributed by atoms with Crippen LogP contribution in [0.1, 0.15) is 42.7 Å². The van der Waals surface area contributed by atoms with Crippen molar-refractivity contribution >= 4 is 45.6 Å². The fourth-order valence-electron chi connectivity index (χ4n) is 5.47. The monoisotopic (exact) mass is 430 g/mol. The molecule has 0 atom stereocenters. The van der Waals surface area contributed by atoms with Crippen molar-refractivity contribution in [3.05, 3.63) is 65.7 Å². The number of benzene rings is 3. The normalized spacial score (nSPS) is 16.1.